The molecule has 342 valence electrons. The Morgan fingerprint density at radius 3 is 1.17 bits per heavy atom. The van der Waals surface area contributed by atoms with E-state index in [-0.39, 0.29) is 12.1 Å². The highest BCUT2D eigenvalue weighted by molar-refractivity contribution is 6.24. The van der Waals surface area contributed by atoms with Crippen LogP contribution in [0.2, 0.25) is 0 Å². The van der Waals surface area contributed by atoms with E-state index in [1.165, 1.54) is 33.4 Å². The molecule has 12 rings (SSSR count). The molecule has 0 aromatic heterocycles. The molecule has 2 aliphatic heterocycles. The van der Waals surface area contributed by atoms with Gasteiger partial charge in [0.15, 0.2) is 0 Å². The number of hydrogen-bond acceptors (Lipinski definition) is 3. The zero-order valence-corrected chi connectivity index (χ0v) is 39.7. The molecule has 0 saturated carbocycles. The normalized spacial score (nSPS) is 15.5. The molecule has 2 N–H and O–H groups in total. The number of allylic oxidation sites excluding steroid dienone is 2. The summed E-state index contributed by atoms with van der Waals surface area (Å²) in [5.74, 6) is 0.840. The van der Waals surface area contributed by atoms with Crippen molar-refractivity contribution < 1.29 is 0 Å². The third-order valence-electron chi connectivity index (χ3n) is 13.8. The molecule has 10 aromatic carbocycles. The summed E-state index contributed by atoms with van der Waals surface area (Å²) in [5, 5.41) is 7.92. The Labute approximate surface area is 422 Å². The maximum Gasteiger partial charge on any atom is 0.134 e. The zero-order chi connectivity index (χ0) is 48.1. The van der Waals surface area contributed by atoms with Gasteiger partial charge in [0.1, 0.15) is 5.84 Å². The Morgan fingerprint density at radius 2 is 0.653 bits per heavy atom. The van der Waals surface area contributed by atoms with Crippen LogP contribution < -0.4 is 10.6 Å². The predicted molar refractivity (Wildman–Crippen MR) is 301 cm³/mol. The first kappa shape index (κ1) is 43.9. The number of aliphatic imine (C=N–C) groups is 1. The fraction of sp³-hybridized carbons (Fsp3) is 0.0290. The molecule has 2 atom stereocenters. The number of nitrogens with zero attached hydrogens (tertiary/aromatic N) is 1. The SMILES string of the molecule is C1=C(c2ccc(-c3ccc(C4=C(c5ccccc5)C(c5ccccc5)NC(c5ccccc5)=C4c4ccccc4)cc3)cc2)N=C(c2cc(-c3ccccc3)cc(-c3ccccc3)c2)NC1c1ccccc1. The van der Waals surface area contributed by atoms with Crippen LogP contribution in [0.3, 0.4) is 0 Å². The number of rotatable bonds is 11. The van der Waals surface area contributed by atoms with Crippen molar-refractivity contribution in [3.8, 4) is 33.4 Å². The average Bonchev–Trinajstić information content (AvgIpc) is 3.48. The van der Waals surface area contributed by atoms with Gasteiger partial charge in [0.05, 0.1) is 23.5 Å². The first-order chi connectivity index (χ1) is 35.7. The molecule has 0 spiro atoms. The number of amidine groups is 1. The van der Waals surface area contributed by atoms with E-state index >= 15 is 0 Å². The van der Waals surface area contributed by atoms with Crippen molar-refractivity contribution in [2.75, 3.05) is 0 Å². The fourth-order valence-electron chi connectivity index (χ4n) is 10.2. The number of hydrogen-bond donors (Lipinski definition) is 2. The van der Waals surface area contributed by atoms with Crippen molar-refractivity contribution in [3.63, 3.8) is 0 Å². The van der Waals surface area contributed by atoms with E-state index < -0.39 is 0 Å². The predicted octanol–water partition coefficient (Wildman–Crippen LogP) is 16.6. The van der Waals surface area contributed by atoms with Crippen molar-refractivity contribution in [1.82, 2.24) is 10.6 Å². The van der Waals surface area contributed by atoms with Gasteiger partial charge in [-0.1, -0.05) is 261 Å². The zero-order valence-electron chi connectivity index (χ0n) is 39.7. The van der Waals surface area contributed by atoms with Gasteiger partial charge in [-0.3, -0.25) is 0 Å². The Hall–Kier alpha value is -9.31. The number of benzene rings is 10. The van der Waals surface area contributed by atoms with Crippen molar-refractivity contribution in [1.29, 1.82) is 0 Å². The fourth-order valence-corrected chi connectivity index (χ4v) is 10.2. The summed E-state index contributed by atoms with van der Waals surface area (Å²) in [7, 11) is 0. The second-order valence-electron chi connectivity index (χ2n) is 18.4. The average molecular weight is 922 g/mol. The van der Waals surface area contributed by atoms with Gasteiger partial charge in [-0.2, -0.15) is 0 Å². The van der Waals surface area contributed by atoms with Gasteiger partial charge >= 0.3 is 0 Å². The molecule has 72 heavy (non-hydrogen) atoms. The lowest BCUT2D eigenvalue weighted by Gasteiger charge is -2.36. The van der Waals surface area contributed by atoms with Gasteiger partial charge in [-0.05, 0) is 108 Å². The Kier molecular flexibility index (Phi) is 12.2. The van der Waals surface area contributed by atoms with Gasteiger partial charge in [-0.15, -0.1) is 0 Å². The smallest absolute Gasteiger partial charge is 0.134 e. The van der Waals surface area contributed by atoms with Crippen molar-refractivity contribution in [2.45, 2.75) is 12.1 Å². The summed E-state index contributed by atoms with van der Waals surface area (Å²) in [4.78, 5) is 5.41. The third kappa shape index (κ3) is 9.04. The van der Waals surface area contributed by atoms with E-state index in [4.69, 9.17) is 4.99 Å². The Balaban J connectivity index is 0.945. The molecule has 0 saturated heterocycles. The number of dihydropyridines is 1. The molecule has 2 heterocycles. The first-order valence-electron chi connectivity index (χ1n) is 24.8. The van der Waals surface area contributed by atoms with Gasteiger partial charge < -0.3 is 10.6 Å². The second-order valence-corrected chi connectivity index (χ2v) is 18.4. The monoisotopic (exact) mass is 921 g/mol. The summed E-state index contributed by atoms with van der Waals surface area (Å²) in [6.07, 6.45) is 2.25. The highest BCUT2D eigenvalue weighted by Crippen LogP contribution is 2.50. The number of nitrogens with one attached hydrogen (secondary N) is 2. The Bertz CT molecular complexity index is 3550. The van der Waals surface area contributed by atoms with Gasteiger partial charge in [0.2, 0.25) is 0 Å². The van der Waals surface area contributed by atoms with Crippen molar-refractivity contribution in [3.05, 3.63) is 330 Å². The van der Waals surface area contributed by atoms with Gasteiger partial charge in [0.25, 0.3) is 0 Å². The van der Waals surface area contributed by atoms with Crippen LogP contribution in [-0.4, -0.2) is 5.84 Å². The highest BCUT2D eigenvalue weighted by atomic mass is 15.0. The minimum absolute atomic E-state index is 0.0785. The van der Waals surface area contributed by atoms with Crippen molar-refractivity contribution in [2.24, 2.45) is 4.99 Å². The van der Waals surface area contributed by atoms with E-state index in [0.717, 1.165) is 78.4 Å². The summed E-state index contributed by atoms with van der Waals surface area (Å²) in [6, 6.07) is 99.9. The van der Waals surface area contributed by atoms with E-state index in [2.05, 4.69) is 296 Å². The molecule has 0 radical (unpaired) electrons. The van der Waals surface area contributed by atoms with E-state index in [0.29, 0.717) is 0 Å². The summed E-state index contributed by atoms with van der Waals surface area (Å²) in [5.41, 5.74) is 21.7. The molecule has 0 bridgehead atoms. The molecule has 2 unspecified atom stereocenters. The topological polar surface area (TPSA) is 36.4 Å². The summed E-state index contributed by atoms with van der Waals surface area (Å²) >= 11 is 0. The minimum Gasteiger partial charge on any atom is -0.373 e. The summed E-state index contributed by atoms with van der Waals surface area (Å²) in [6.45, 7) is 0. The van der Waals surface area contributed by atoms with Crippen LogP contribution in [0.15, 0.2) is 290 Å². The quantitative estimate of drug-likeness (QED) is 0.136. The molecule has 10 aromatic rings. The van der Waals surface area contributed by atoms with Gasteiger partial charge in [-0.25, -0.2) is 4.99 Å². The molecule has 3 heteroatoms. The largest absolute Gasteiger partial charge is 0.373 e. The molecule has 0 amide bonds. The van der Waals surface area contributed by atoms with Crippen LogP contribution in [-0.2, 0) is 0 Å². The van der Waals surface area contributed by atoms with Crippen LogP contribution in [0.25, 0.3) is 61.5 Å². The molecule has 3 nitrogen and oxygen atoms in total. The minimum atomic E-state index is -0.105. The lowest BCUT2D eigenvalue weighted by atomic mass is 9.77. The van der Waals surface area contributed by atoms with Crippen LogP contribution in [0.1, 0.15) is 56.6 Å². The highest BCUT2D eigenvalue weighted by Gasteiger charge is 2.33. The first-order valence-corrected chi connectivity index (χ1v) is 24.8. The van der Waals surface area contributed by atoms with Gasteiger partial charge in [0, 0.05) is 11.1 Å². The van der Waals surface area contributed by atoms with Crippen LogP contribution in [0.5, 0.6) is 0 Å². The Morgan fingerprint density at radius 1 is 0.278 bits per heavy atom. The standard InChI is InChI=1S/C69H51N3/c1-8-22-48(23-9-1)59-44-60(49-24-10-2-11-25-49)46-61(45-59)69-70-62(52-26-12-3-13-27-52)47-63(71-69)53-40-36-50(37-41-53)51-38-42-56(43-39-51)64-65(54-28-14-4-15-29-54)67(57-32-18-6-19-33-57)72-68(58-34-20-7-21-35-58)66(64)55-30-16-5-17-31-55/h1-47,62,67,72H,(H,70,71). The molecule has 2 aliphatic rings. The molecular formula is C69H51N3. The maximum absolute atomic E-state index is 5.41. The van der Waals surface area contributed by atoms with E-state index in [1.807, 2.05) is 0 Å². The lowest BCUT2D eigenvalue weighted by Crippen LogP contribution is -2.31. The van der Waals surface area contributed by atoms with Crippen LogP contribution >= 0.6 is 0 Å². The third-order valence-corrected chi connectivity index (χ3v) is 13.8. The second kappa shape index (κ2) is 20.0. The van der Waals surface area contributed by atoms with Crippen molar-refractivity contribution >= 4 is 33.9 Å². The molecule has 0 aliphatic carbocycles. The van der Waals surface area contributed by atoms with Crippen LogP contribution in [0.4, 0.5) is 0 Å². The maximum atomic E-state index is 5.41. The van der Waals surface area contributed by atoms with Crippen LogP contribution in [0, 0.1) is 0 Å². The van der Waals surface area contributed by atoms with E-state index in [1.54, 1.807) is 0 Å². The summed E-state index contributed by atoms with van der Waals surface area (Å²) < 4.78 is 0. The lowest BCUT2D eigenvalue weighted by molar-refractivity contribution is 0.781. The van der Waals surface area contributed by atoms with E-state index in [9.17, 15) is 0 Å². The molecular weight excluding hydrogens is 871 g/mol. The molecule has 0 fully saturated rings.